The first-order valence-electron chi connectivity index (χ1n) is 6.61. The largest absolute Gasteiger partial charge is 0.326 e. The molecule has 1 saturated carbocycles. The predicted molar refractivity (Wildman–Crippen MR) is 70.6 cm³/mol. The summed E-state index contributed by atoms with van der Waals surface area (Å²) in [5, 5.41) is 0. The molecule has 17 heavy (non-hydrogen) atoms. The smallest absolute Gasteiger partial charge is 0.0514 e. The molecule has 1 aliphatic carbocycles. The maximum Gasteiger partial charge on any atom is 0.0514 e. The fourth-order valence-electron chi connectivity index (χ4n) is 2.58. The molecule has 3 nitrogen and oxygen atoms in total. The number of nitrogens with zero attached hydrogens (tertiary/aromatic N) is 2. The Morgan fingerprint density at radius 3 is 2.76 bits per heavy atom. The van der Waals surface area contributed by atoms with Crippen molar-refractivity contribution in [3.63, 3.8) is 0 Å². The molecular formula is C14H23N3. The van der Waals surface area contributed by atoms with E-state index in [1.54, 1.807) is 0 Å². The van der Waals surface area contributed by atoms with Crippen LogP contribution in [0.25, 0.3) is 0 Å². The van der Waals surface area contributed by atoms with Crippen molar-refractivity contribution >= 4 is 0 Å². The second-order valence-corrected chi connectivity index (χ2v) is 5.05. The minimum atomic E-state index is 0.185. The van der Waals surface area contributed by atoms with E-state index in [2.05, 4.69) is 29.9 Å². The molecule has 0 amide bonds. The predicted octanol–water partition coefficient (Wildman–Crippen LogP) is 2.34. The highest BCUT2D eigenvalue weighted by molar-refractivity contribution is 5.16. The maximum atomic E-state index is 6.30. The van der Waals surface area contributed by atoms with Crippen LogP contribution in [0.4, 0.5) is 0 Å². The number of hydrogen-bond donors (Lipinski definition) is 1. The highest BCUT2D eigenvalue weighted by atomic mass is 15.2. The van der Waals surface area contributed by atoms with Crippen molar-refractivity contribution in [3.05, 3.63) is 30.1 Å². The van der Waals surface area contributed by atoms with Crippen LogP contribution < -0.4 is 5.73 Å². The van der Waals surface area contributed by atoms with Gasteiger partial charge in [0, 0.05) is 24.5 Å². The van der Waals surface area contributed by atoms with Crippen LogP contribution >= 0.6 is 0 Å². The lowest BCUT2D eigenvalue weighted by molar-refractivity contribution is 0.0937. The van der Waals surface area contributed by atoms with E-state index < -0.39 is 0 Å². The van der Waals surface area contributed by atoms with Crippen LogP contribution in [0.5, 0.6) is 0 Å². The van der Waals surface area contributed by atoms with Gasteiger partial charge in [0.15, 0.2) is 0 Å². The molecule has 3 heteroatoms. The molecule has 2 unspecified atom stereocenters. The molecule has 0 bridgehead atoms. The quantitative estimate of drug-likeness (QED) is 0.849. The number of hydrogen-bond acceptors (Lipinski definition) is 3. The van der Waals surface area contributed by atoms with Crippen LogP contribution in [0, 0.1) is 0 Å². The van der Waals surface area contributed by atoms with Crippen LogP contribution in [-0.2, 0) is 0 Å². The van der Waals surface area contributed by atoms with Crippen molar-refractivity contribution in [1.82, 2.24) is 9.88 Å². The Hall–Kier alpha value is -0.930. The molecule has 0 radical (unpaired) electrons. The van der Waals surface area contributed by atoms with Gasteiger partial charge in [-0.05, 0) is 37.9 Å². The fourth-order valence-corrected chi connectivity index (χ4v) is 2.58. The summed E-state index contributed by atoms with van der Waals surface area (Å²) in [4.78, 5) is 6.68. The first-order valence-corrected chi connectivity index (χ1v) is 6.61. The topological polar surface area (TPSA) is 42.1 Å². The molecule has 1 heterocycles. The summed E-state index contributed by atoms with van der Waals surface area (Å²) in [6.07, 6.45) is 8.75. The lowest BCUT2D eigenvalue weighted by atomic mass is 9.88. The second-order valence-electron chi connectivity index (χ2n) is 5.05. The zero-order chi connectivity index (χ0) is 12.3. The van der Waals surface area contributed by atoms with Crippen molar-refractivity contribution in [3.8, 4) is 0 Å². The van der Waals surface area contributed by atoms with Gasteiger partial charge < -0.3 is 5.73 Å². The van der Waals surface area contributed by atoms with Gasteiger partial charge in [0.25, 0.3) is 0 Å². The highest BCUT2D eigenvalue weighted by Crippen LogP contribution is 2.32. The maximum absolute atomic E-state index is 6.30. The molecule has 94 valence electrons. The van der Waals surface area contributed by atoms with Gasteiger partial charge >= 0.3 is 0 Å². The zero-order valence-corrected chi connectivity index (χ0v) is 10.8. The first-order chi connectivity index (χ1) is 8.24. The second kappa shape index (κ2) is 5.61. The molecule has 1 aromatic heterocycles. The van der Waals surface area contributed by atoms with Gasteiger partial charge in [-0.1, -0.05) is 19.4 Å². The molecular weight excluding hydrogens is 210 g/mol. The molecule has 2 N–H and O–H groups in total. The number of aromatic nitrogens is 1. The Kier molecular flexibility index (Phi) is 4.13. The molecule has 1 fully saturated rings. The van der Waals surface area contributed by atoms with Crippen molar-refractivity contribution in [1.29, 1.82) is 0 Å². The molecule has 1 aromatic rings. The van der Waals surface area contributed by atoms with Gasteiger partial charge in [-0.2, -0.15) is 0 Å². The normalized spacial score (nSPS) is 20.0. The minimum absolute atomic E-state index is 0.185. The van der Waals surface area contributed by atoms with Crippen molar-refractivity contribution in [2.45, 2.75) is 50.7 Å². The Labute approximate surface area is 104 Å². The summed E-state index contributed by atoms with van der Waals surface area (Å²) >= 11 is 0. The van der Waals surface area contributed by atoms with E-state index in [0.29, 0.717) is 12.1 Å². The minimum Gasteiger partial charge on any atom is -0.326 e. The molecule has 2 rings (SSSR count). The summed E-state index contributed by atoms with van der Waals surface area (Å²) in [6, 6.07) is 5.34. The summed E-state index contributed by atoms with van der Waals surface area (Å²) < 4.78 is 0. The van der Waals surface area contributed by atoms with Gasteiger partial charge in [-0.3, -0.25) is 9.88 Å². The van der Waals surface area contributed by atoms with Crippen LogP contribution in [0.2, 0.25) is 0 Å². The average Bonchev–Trinajstić information content (AvgIpc) is 2.28. The number of nitrogens with two attached hydrogens (primary N) is 1. The number of pyridine rings is 1. The zero-order valence-electron chi connectivity index (χ0n) is 10.8. The van der Waals surface area contributed by atoms with E-state index in [-0.39, 0.29) is 6.04 Å². The number of rotatable bonds is 5. The van der Waals surface area contributed by atoms with Crippen LogP contribution in [-0.4, -0.2) is 29.0 Å². The average molecular weight is 233 g/mol. The van der Waals surface area contributed by atoms with Gasteiger partial charge in [0.2, 0.25) is 0 Å². The Morgan fingerprint density at radius 2 is 2.29 bits per heavy atom. The van der Waals surface area contributed by atoms with E-state index in [0.717, 1.165) is 6.42 Å². The van der Waals surface area contributed by atoms with Crippen molar-refractivity contribution < 1.29 is 0 Å². The van der Waals surface area contributed by atoms with E-state index in [4.69, 9.17) is 5.73 Å². The van der Waals surface area contributed by atoms with E-state index in [9.17, 15) is 0 Å². The van der Waals surface area contributed by atoms with Gasteiger partial charge in [0.05, 0.1) is 6.04 Å². The van der Waals surface area contributed by atoms with E-state index >= 15 is 0 Å². The summed E-state index contributed by atoms with van der Waals surface area (Å²) in [5.41, 5.74) is 7.54. The van der Waals surface area contributed by atoms with Crippen LogP contribution in [0.15, 0.2) is 24.5 Å². The lowest BCUT2D eigenvalue weighted by Crippen LogP contribution is -2.46. The SMILES string of the molecule is CCC(N)C(c1cccnc1)N(C)C1CCC1. The Morgan fingerprint density at radius 1 is 1.53 bits per heavy atom. The number of likely N-dealkylation sites (N-methyl/N-ethyl adjacent to an activating group) is 1. The summed E-state index contributed by atoms with van der Waals surface area (Å²) in [6.45, 7) is 2.16. The standard InChI is InChI=1S/C14H23N3/c1-3-13(15)14(11-6-5-9-16-10-11)17(2)12-7-4-8-12/h5-6,9-10,12-14H,3-4,7-8,15H2,1-2H3. The van der Waals surface area contributed by atoms with Crippen LogP contribution in [0.3, 0.4) is 0 Å². The molecule has 2 atom stereocenters. The third-order valence-electron chi connectivity index (χ3n) is 3.99. The molecule has 0 aliphatic heterocycles. The van der Waals surface area contributed by atoms with Gasteiger partial charge in [-0.25, -0.2) is 0 Å². The Balaban J connectivity index is 2.18. The summed E-state index contributed by atoms with van der Waals surface area (Å²) in [7, 11) is 2.21. The van der Waals surface area contributed by atoms with Gasteiger partial charge in [0.1, 0.15) is 0 Å². The third-order valence-corrected chi connectivity index (χ3v) is 3.99. The summed E-state index contributed by atoms with van der Waals surface area (Å²) in [5.74, 6) is 0. The van der Waals surface area contributed by atoms with Crippen molar-refractivity contribution in [2.24, 2.45) is 5.73 Å². The molecule has 0 spiro atoms. The first kappa shape index (κ1) is 12.5. The molecule has 0 aromatic carbocycles. The third kappa shape index (κ3) is 2.67. The Bertz CT molecular complexity index is 335. The van der Waals surface area contributed by atoms with E-state index in [1.165, 1.54) is 24.8 Å². The van der Waals surface area contributed by atoms with Gasteiger partial charge in [-0.15, -0.1) is 0 Å². The van der Waals surface area contributed by atoms with E-state index in [1.807, 2.05) is 18.5 Å². The molecule has 0 saturated heterocycles. The molecule has 1 aliphatic rings. The highest BCUT2D eigenvalue weighted by Gasteiger charge is 2.31. The van der Waals surface area contributed by atoms with Crippen LogP contribution in [0.1, 0.15) is 44.2 Å². The monoisotopic (exact) mass is 233 g/mol. The fraction of sp³-hybridized carbons (Fsp3) is 0.643. The lowest BCUT2D eigenvalue weighted by Gasteiger charge is -2.42. The van der Waals surface area contributed by atoms with Crippen molar-refractivity contribution in [2.75, 3.05) is 7.05 Å².